The van der Waals surface area contributed by atoms with Crippen LogP contribution >= 0.6 is 0 Å². The molecular weight excluding hydrogens is 232 g/mol. The molecule has 0 N–H and O–H groups in total. The van der Waals surface area contributed by atoms with E-state index in [0.717, 1.165) is 11.3 Å². The highest BCUT2D eigenvalue weighted by Gasteiger charge is 2.02. The van der Waals surface area contributed by atoms with Gasteiger partial charge in [-0.25, -0.2) is 0 Å². The number of nitrogens with zero attached hydrogens (tertiary/aromatic N) is 2. The Labute approximate surface area is 112 Å². The van der Waals surface area contributed by atoms with Crippen LogP contribution < -0.4 is 0 Å². The zero-order valence-electron chi connectivity index (χ0n) is 10.7. The lowest BCUT2D eigenvalue weighted by Gasteiger charge is -2.05. The zero-order valence-corrected chi connectivity index (χ0v) is 10.7. The summed E-state index contributed by atoms with van der Waals surface area (Å²) in [5.41, 5.74) is 5.64. The Kier molecular flexibility index (Phi) is 3.07. The minimum absolute atomic E-state index is 0.950. The predicted octanol–water partition coefficient (Wildman–Crippen LogP) is 4.12. The van der Waals surface area contributed by atoms with Crippen molar-refractivity contribution in [3.05, 3.63) is 72.7 Å². The van der Waals surface area contributed by atoms with Gasteiger partial charge in [-0.05, 0) is 42.3 Å². The largest absolute Gasteiger partial charge is 0.264 e. The monoisotopic (exact) mass is 246 g/mol. The molecule has 1 aromatic carbocycles. The lowest BCUT2D eigenvalue weighted by Crippen LogP contribution is -1.86. The van der Waals surface area contributed by atoms with Crippen LogP contribution in [0.25, 0.3) is 22.4 Å². The highest BCUT2D eigenvalue weighted by Crippen LogP contribution is 2.24. The Bertz CT molecular complexity index is 673. The van der Waals surface area contributed by atoms with E-state index in [4.69, 9.17) is 0 Å². The number of pyridine rings is 2. The van der Waals surface area contributed by atoms with Crippen LogP contribution in [-0.2, 0) is 0 Å². The minimum Gasteiger partial charge on any atom is -0.264 e. The molecule has 3 aromatic rings. The molecule has 0 bridgehead atoms. The van der Waals surface area contributed by atoms with E-state index in [1.807, 2.05) is 30.6 Å². The molecule has 0 amide bonds. The molecular formula is C17H14N2. The van der Waals surface area contributed by atoms with Gasteiger partial charge in [0, 0.05) is 24.2 Å². The van der Waals surface area contributed by atoms with Crippen LogP contribution in [0.4, 0.5) is 0 Å². The summed E-state index contributed by atoms with van der Waals surface area (Å²) in [7, 11) is 0. The van der Waals surface area contributed by atoms with Crippen LogP contribution in [-0.4, -0.2) is 9.97 Å². The van der Waals surface area contributed by atoms with Gasteiger partial charge in [-0.3, -0.25) is 9.97 Å². The average molecular weight is 246 g/mol. The van der Waals surface area contributed by atoms with Gasteiger partial charge in [0.2, 0.25) is 0 Å². The lowest BCUT2D eigenvalue weighted by molar-refractivity contribution is 1.28. The van der Waals surface area contributed by atoms with Crippen LogP contribution in [0, 0.1) is 6.92 Å². The molecule has 2 nitrogen and oxygen atoms in total. The first-order chi connectivity index (χ1) is 9.33. The molecule has 3 rings (SSSR count). The van der Waals surface area contributed by atoms with E-state index in [1.54, 1.807) is 6.20 Å². The molecule has 2 aromatic heterocycles. The van der Waals surface area contributed by atoms with Crippen molar-refractivity contribution in [2.24, 2.45) is 0 Å². The van der Waals surface area contributed by atoms with Gasteiger partial charge in [-0.2, -0.15) is 0 Å². The van der Waals surface area contributed by atoms with Gasteiger partial charge in [-0.1, -0.05) is 29.8 Å². The van der Waals surface area contributed by atoms with Gasteiger partial charge in [-0.15, -0.1) is 0 Å². The van der Waals surface area contributed by atoms with Crippen LogP contribution in [0.3, 0.4) is 0 Å². The highest BCUT2D eigenvalue weighted by atomic mass is 14.7. The number of rotatable bonds is 2. The Morgan fingerprint density at radius 2 is 1.63 bits per heavy atom. The van der Waals surface area contributed by atoms with Gasteiger partial charge in [0.25, 0.3) is 0 Å². The van der Waals surface area contributed by atoms with Gasteiger partial charge >= 0.3 is 0 Å². The van der Waals surface area contributed by atoms with Crippen LogP contribution in [0.5, 0.6) is 0 Å². The van der Waals surface area contributed by atoms with E-state index in [9.17, 15) is 0 Å². The molecule has 0 fully saturated rings. The maximum absolute atomic E-state index is 4.41. The van der Waals surface area contributed by atoms with Gasteiger partial charge < -0.3 is 0 Å². The van der Waals surface area contributed by atoms with E-state index < -0.39 is 0 Å². The first-order valence-electron chi connectivity index (χ1n) is 6.26. The van der Waals surface area contributed by atoms with Crippen LogP contribution in [0.2, 0.25) is 0 Å². The molecule has 0 spiro atoms. The molecule has 92 valence electrons. The average Bonchev–Trinajstić information content (AvgIpc) is 2.49. The standard InChI is InChI=1S/C17H14N2/c1-13-4-6-14(7-5-13)15-8-10-19-17(11-15)16-3-2-9-18-12-16/h2-12H,1H3. The SMILES string of the molecule is Cc1ccc(-c2ccnc(-c3cccnc3)c2)cc1. The van der Waals surface area contributed by atoms with Crippen molar-refractivity contribution >= 4 is 0 Å². The molecule has 0 aliphatic carbocycles. The molecule has 0 saturated carbocycles. The molecule has 19 heavy (non-hydrogen) atoms. The maximum atomic E-state index is 4.41. The molecule has 0 aliphatic rings. The summed E-state index contributed by atoms with van der Waals surface area (Å²) in [4.78, 5) is 8.55. The third-order valence-electron chi connectivity index (χ3n) is 3.10. The summed E-state index contributed by atoms with van der Waals surface area (Å²) in [6, 6.07) is 16.6. The minimum atomic E-state index is 0.950. The molecule has 0 aliphatic heterocycles. The summed E-state index contributed by atoms with van der Waals surface area (Å²) in [6.45, 7) is 2.09. The van der Waals surface area contributed by atoms with E-state index in [2.05, 4.69) is 47.2 Å². The Morgan fingerprint density at radius 3 is 2.37 bits per heavy atom. The molecule has 2 heterocycles. The second kappa shape index (κ2) is 5.02. The summed E-state index contributed by atoms with van der Waals surface area (Å²) in [5, 5.41) is 0. The second-order valence-corrected chi connectivity index (χ2v) is 4.54. The van der Waals surface area contributed by atoms with Crippen molar-refractivity contribution < 1.29 is 0 Å². The van der Waals surface area contributed by atoms with Crippen molar-refractivity contribution in [2.45, 2.75) is 6.92 Å². The normalized spacial score (nSPS) is 10.4. The number of aromatic nitrogens is 2. The smallest absolute Gasteiger partial charge is 0.0723 e. The van der Waals surface area contributed by atoms with E-state index in [0.29, 0.717) is 0 Å². The number of benzene rings is 1. The molecule has 2 heteroatoms. The van der Waals surface area contributed by atoms with Crippen LogP contribution in [0.15, 0.2) is 67.1 Å². The fraction of sp³-hybridized carbons (Fsp3) is 0.0588. The maximum Gasteiger partial charge on any atom is 0.0723 e. The first kappa shape index (κ1) is 11.6. The summed E-state index contributed by atoms with van der Waals surface area (Å²) >= 11 is 0. The van der Waals surface area contributed by atoms with Crippen molar-refractivity contribution in [3.63, 3.8) is 0 Å². The third kappa shape index (κ3) is 2.52. The second-order valence-electron chi connectivity index (χ2n) is 4.54. The third-order valence-corrected chi connectivity index (χ3v) is 3.10. The van der Waals surface area contributed by atoms with Gasteiger partial charge in [0.15, 0.2) is 0 Å². The van der Waals surface area contributed by atoms with E-state index >= 15 is 0 Å². The number of aryl methyl sites for hydroxylation is 1. The predicted molar refractivity (Wildman–Crippen MR) is 77.6 cm³/mol. The first-order valence-corrected chi connectivity index (χ1v) is 6.26. The lowest BCUT2D eigenvalue weighted by atomic mass is 10.0. The van der Waals surface area contributed by atoms with Crippen LogP contribution in [0.1, 0.15) is 5.56 Å². The Balaban J connectivity index is 2.03. The summed E-state index contributed by atoms with van der Waals surface area (Å²) in [5.74, 6) is 0. The topological polar surface area (TPSA) is 25.8 Å². The quantitative estimate of drug-likeness (QED) is 0.679. The molecule has 0 radical (unpaired) electrons. The Hall–Kier alpha value is -2.48. The number of hydrogen-bond acceptors (Lipinski definition) is 2. The van der Waals surface area contributed by atoms with Crippen molar-refractivity contribution in [3.8, 4) is 22.4 Å². The molecule has 0 atom stereocenters. The van der Waals surface area contributed by atoms with Gasteiger partial charge in [0.05, 0.1) is 5.69 Å². The van der Waals surface area contributed by atoms with Crippen molar-refractivity contribution in [1.29, 1.82) is 0 Å². The van der Waals surface area contributed by atoms with Crippen molar-refractivity contribution in [2.75, 3.05) is 0 Å². The van der Waals surface area contributed by atoms with Crippen molar-refractivity contribution in [1.82, 2.24) is 9.97 Å². The summed E-state index contributed by atoms with van der Waals surface area (Å²) in [6.07, 6.45) is 5.45. The fourth-order valence-corrected chi connectivity index (χ4v) is 2.03. The fourth-order valence-electron chi connectivity index (χ4n) is 2.03. The number of hydrogen-bond donors (Lipinski definition) is 0. The van der Waals surface area contributed by atoms with E-state index in [-0.39, 0.29) is 0 Å². The molecule has 0 saturated heterocycles. The Morgan fingerprint density at radius 1 is 0.789 bits per heavy atom. The zero-order chi connectivity index (χ0) is 13.1. The summed E-state index contributed by atoms with van der Waals surface area (Å²) < 4.78 is 0. The van der Waals surface area contributed by atoms with E-state index in [1.165, 1.54) is 16.7 Å². The van der Waals surface area contributed by atoms with Gasteiger partial charge in [0.1, 0.15) is 0 Å². The molecule has 0 unspecified atom stereocenters. The highest BCUT2D eigenvalue weighted by molar-refractivity contribution is 5.69.